The summed E-state index contributed by atoms with van der Waals surface area (Å²) in [7, 11) is 0. The summed E-state index contributed by atoms with van der Waals surface area (Å²) in [4.78, 5) is 10.4. The summed E-state index contributed by atoms with van der Waals surface area (Å²) in [5.41, 5.74) is 4.21. The molecule has 0 fully saturated rings. The molecule has 4 heteroatoms. The van der Waals surface area contributed by atoms with E-state index in [0.717, 1.165) is 38.4 Å². The van der Waals surface area contributed by atoms with Crippen LogP contribution in [0.4, 0.5) is 0 Å². The van der Waals surface area contributed by atoms with E-state index in [1.807, 2.05) is 6.20 Å². The summed E-state index contributed by atoms with van der Waals surface area (Å²) >= 11 is 0. The summed E-state index contributed by atoms with van der Waals surface area (Å²) in [6, 6.07) is 8.66. The van der Waals surface area contributed by atoms with E-state index < -0.39 is 0 Å². The van der Waals surface area contributed by atoms with Crippen LogP contribution in [0.1, 0.15) is 23.5 Å². The number of aromatic nitrogens is 3. The molecule has 4 rings (SSSR count). The van der Waals surface area contributed by atoms with E-state index in [2.05, 4.69) is 56.8 Å². The van der Waals surface area contributed by atoms with E-state index in [1.54, 1.807) is 0 Å². The summed E-state index contributed by atoms with van der Waals surface area (Å²) in [5, 5.41) is 1.41. The zero-order chi connectivity index (χ0) is 14.9. The van der Waals surface area contributed by atoms with Crippen molar-refractivity contribution in [1.29, 1.82) is 0 Å². The van der Waals surface area contributed by atoms with Crippen LogP contribution in [0.5, 0.6) is 0 Å². The number of aromatic amines is 1. The molecule has 0 spiro atoms. The normalized spacial score (nSPS) is 15.3. The van der Waals surface area contributed by atoms with Gasteiger partial charge in [-0.15, -0.1) is 0 Å². The number of fused-ring (bicyclic) bond motifs is 3. The fraction of sp³-hybridized carbons (Fsp3) is 0.389. The van der Waals surface area contributed by atoms with Crippen molar-refractivity contribution in [1.82, 2.24) is 19.4 Å². The van der Waals surface area contributed by atoms with Gasteiger partial charge in [0.1, 0.15) is 5.82 Å². The number of hydrogen-bond donors (Lipinski definition) is 1. The molecule has 0 amide bonds. The number of hydrogen-bond acceptors (Lipinski definition) is 2. The lowest BCUT2D eigenvalue weighted by atomic mass is 10.0. The zero-order valence-corrected chi connectivity index (χ0v) is 13.0. The number of nitrogens with zero attached hydrogens (tertiary/aromatic N) is 3. The Morgan fingerprint density at radius 1 is 1.23 bits per heavy atom. The molecule has 0 radical (unpaired) electrons. The predicted octanol–water partition coefficient (Wildman–Crippen LogP) is 3.12. The molecule has 4 nitrogen and oxygen atoms in total. The first-order valence-electron chi connectivity index (χ1n) is 8.10. The van der Waals surface area contributed by atoms with Crippen molar-refractivity contribution in [3.8, 4) is 0 Å². The van der Waals surface area contributed by atoms with E-state index in [9.17, 15) is 0 Å². The van der Waals surface area contributed by atoms with Crippen molar-refractivity contribution in [2.24, 2.45) is 0 Å². The van der Waals surface area contributed by atoms with Gasteiger partial charge in [-0.25, -0.2) is 4.98 Å². The van der Waals surface area contributed by atoms with Crippen molar-refractivity contribution in [2.45, 2.75) is 32.9 Å². The lowest BCUT2D eigenvalue weighted by Gasteiger charge is -2.27. The molecule has 114 valence electrons. The third kappa shape index (κ3) is 2.44. The number of imidazole rings is 1. The third-order valence-electron chi connectivity index (χ3n) is 4.76. The van der Waals surface area contributed by atoms with Crippen LogP contribution in [-0.2, 0) is 19.5 Å². The second-order valence-corrected chi connectivity index (χ2v) is 6.18. The van der Waals surface area contributed by atoms with Gasteiger partial charge in [-0.3, -0.25) is 4.90 Å². The van der Waals surface area contributed by atoms with Crippen LogP contribution < -0.4 is 0 Å². The van der Waals surface area contributed by atoms with Crippen LogP contribution in [0, 0.1) is 6.92 Å². The van der Waals surface area contributed by atoms with Crippen molar-refractivity contribution in [3.63, 3.8) is 0 Å². The van der Waals surface area contributed by atoms with Gasteiger partial charge in [0.15, 0.2) is 0 Å². The summed E-state index contributed by atoms with van der Waals surface area (Å²) in [6.45, 7) is 6.48. The fourth-order valence-electron chi connectivity index (χ4n) is 3.54. The van der Waals surface area contributed by atoms with E-state index in [4.69, 9.17) is 0 Å². The SMILES string of the molecule is Cc1nccn1CCCN1CCc2c([nH]c3ccccc23)C1. The summed E-state index contributed by atoms with van der Waals surface area (Å²) in [6.07, 6.45) is 6.28. The third-order valence-corrected chi connectivity index (χ3v) is 4.76. The minimum Gasteiger partial charge on any atom is -0.357 e. The van der Waals surface area contributed by atoms with Gasteiger partial charge in [0.25, 0.3) is 0 Å². The Balaban J connectivity index is 1.41. The minimum atomic E-state index is 1.05. The van der Waals surface area contributed by atoms with Crippen LogP contribution in [0.15, 0.2) is 36.7 Å². The zero-order valence-electron chi connectivity index (χ0n) is 13.0. The average molecular weight is 294 g/mol. The Bertz CT molecular complexity index is 783. The highest BCUT2D eigenvalue weighted by molar-refractivity contribution is 5.84. The summed E-state index contributed by atoms with van der Waals surface area (Å²) < 4.78 is 2.23. The molecular weight excluding hydrogens is 272 g/mol. The molecule has 0 saturated heterocycles. The van der Waals surface area contributed by atoms with Gasteiger partial charge in [-0.05, 0) is 31.4 Å². The smallest absolute Gasteiger partial charge is 0.105 e. The molecule has 0 bridgehead atoms. The van der Waals surface area contributed by atoms with E-state index >= 15 is 0 Å². The molecule has 3 aromatic rings. The maximum absolute atomic E-state index is 4.28. The van der Waals surface area contributed by atoms with Crippen LogP contribution in [0.25, 0.3) is 10.9 Å². The van der Waals surface area contributed by atoms with Gasteiger partial charge in [-0.2, -0.15) is 0 Å². The maximum atomic E-state index is 4.28. The Morgan fingerprint density at radius 2 is 2.14 bits per heavy atom. The van der Waals surface area contributed by atoms with Crippen molar-refractivity contribution >= 4 is 10.9 Å². The quantitative estimate of drug-likeness (QED) is 0.802. The first kappa shape index (κ1) is 13.6. The Morgan fingerprint density at radius 3 is 3.00 bits per heavy atom. The molecule has 22 heavy (non-hydrogen) atoms. The van der Waals surface area contributed by atoms with E-state index in [1.165, 1.54) is 28.6 Å². The Kier molecular flexibility index (Phi) is 3.47. The Labute approximate surface area is 130 Å². The highest BCUT2D eigenvalue weighted by Gasteiger charge is 2.19. The molecule has 0 saturated carbocycles. The number of H-pyrrole nitrogens is 1. The second-order valence-electron chi connectivity index (χ2n) is 6.18. The van der Waals surface area contributed by atoms with Gasteiger partial charge < -0.3 is 9.55 Å². The summed E-state index contributed by atoms with van der Waals surface area (Å²) in [5.74, 6) is 1.11. The fourth-order valence-corrected chi connectivity index (χ4v) is 3.54. The van der Waals surface area contributed by atoms with Crippen LogP contribution >= 0.6 is 0 Å². The Hall–Kier alpha value is -2.07. The van der Waals surface area contributed by atoms with Crippen molar-refractivity contribution < 1.29 is 0 Å². The van der Waals surface area contributed by atoms with Crippen molar-refractivity contribution in [2.75, 3.05) is 13.1 Å². The second kappa shape index (κ2) is 5.61. The largest absolute Gasteiger partial charge is 0.357 e. The highest BCUT2D eigenvalue weighted by atomic mass is 15.1. The lowest BCUT2D eigenvalue weighted by Crippen LogP contribution is -2.31. The average Bonchev–Trinajstić information content (AvgIpc) is 3.10. The van der Waals surface area contributed by atoms with Crippen LogP contribution in [0.3, 0.4) is 0 Å². The number of benzene rings is 1. The molecule has 0 aliphatic carbocycles. The monoisotopic (exact) mass is 294 g/mol. The van der Waals surface area contributed by atoms with Gasteiger partial charge in [0, 0.05) is 55.2 Å². The number of rotatable bonds is 4. The molecule has 0 unspecified atom stereocenters. The van der Waals surface area contributed by atoms with Gasteiger partial charge in [0.2, 0.25) is 0 Å². The minimum absolute atomic E-state index is 1.05. The maximum Gasteiger partial charge on any atom is 0.105 e. The predicted molar refractivity (Wildman–Crippen MR) is 88.9 cm³/mol. The van der Waals surface area contributed by atoms with Gasteiger partial charge in [-0.1, -0.05) is 18.2 Å². The van der Waals surface area contributed by atoms with Crippen LogP contribution in [0.2, 0.25) is 0 Å². The molecule has 2 aromatic heterocycles. The first-order chi connectivity index (χ1) is 10.8. The first-order valence-corrected chi connectivity index (χ1v) is 8.10. The highest BCUT2D eigenvalue weighted by Crippen LogP contribution is 2.27. The van der Waals surface area contributed by atoms with Gasteiger partial charge >= 0.3 is 0 Å². The van der Waals surface area contributed by atoms with Crippen molar-refractivity contribution in [3.05, 3.63) is 53.7 Å². The molecule has 1 aliphatic rings. The van der Waals surface area contributed by atoms with Gasteiger partial charge in [0.05, 0.1) is 0 Å². The van der Waals surface area contributed by atoms with Crippen LogP contribution in [-0.4, -0.2) is 32.5 Å². The molecule has 1 N–H and O–H groups in total. The number of nitrogens with one attached hydrogen (secondary N) is 1. The standard InChI is InChI=1S/C18H22N4/c1-14-19-8-12-22(14)10-4-9-21-11-7-16-15-5-2-3-6-17(15)20-18(16)13-21/h2-3,5-6,8,12,20H,4,7,9-11,13H2,1H3. The molecule has 1 aromatic carbocycles. The van der Waals surface area contributed by atoms with E-state index in [-0.39, 0.29) is 0 Å². The van der Waals surface area contributed by atoms with E-state index in [0.29, 0.717) is 0 Å². The molecule has 3 heterocycles. The number of para-hydroxylation sites is 1. The lowest BCUT2D eigenvalue weighted by molar-refractivity contribution is 0.244. The number of aryl methyl sites for hydroxylation is 2. The topological polar surface area (TPSA) is 36.9 Å². The molecule has 1 aliphatic heterocycles. The molecule has 0 atom stereocenters. The molecular formula is C18H22N4.